The van der Waals surface area contributed by atoms with E-state index in [0.717, 1.165) is 0 Å². The fourth-order valence-corrected chi connectivity index (χ4v) is 1.78. The molecule has 6 heteroatoms. The van der Waals surface area contributed by atoms with Crippen LogP contribution in [0.25, 0.3) is 5.69 Å². The van der Waals surface area contributed by atoms with Crippen molar-refractivity contribution in [2.75, 3.05) is 6.61 Å². The normalized spacial score (nSPS) is 10.4. The second-order valence-corrected chi connectivity index (χ2v) is 3.87. The Kier molecular flexibility index (Phi) is 3.62. The smallest absolute Gasteiger partial charge is 0.356 e. The maximum Gasteiger partial charge on any atom is 0.356 e. The van der Waals surface area contributed by atoms with Crippen molar-refractivity contribution in [1.29, 1.82) is 0 Å². The van der Waals surface area contributed by atoms with Crippen molar-refractivity contribution in [3.8, 4) is 5.69 Å². The second kappa shape index (κ2) is 5.18. The zero-order valence-corrected chi connectivity index (χ0v) is 10.3. The lowest BCUT2D eigenvalue weighted by Crippen LogP contribution is -2.10. The number of imidazole rings is 1. The maximum absolute atomic E-state index is 13.0. The molecule has 0 fully saturated rings. The number of hydrogen-bond acceptors (Lipinski definition) is 3. The highest BCUT2D eigenvalue weighted by atomic mass is 35.5. The van der Waals surface area contributed by atoms with Gasteiger partial charge in [-0.05, 0) is 25.1 Å². The SMILES string of the molecule is CCOC(=O)c1cncn1-c1ccc(F)cc1Cl. The minimum Gasteiger partial charge on any atom is -0.461 e. The average Bonchev–Trinajstić information content (AvgIpc) is 2.78. The van der Waals surface area contributed by atoms with E-state index >= 15 is 0 Å². The van der Waals surface area contributed by atoms with Gasteiger partial charge in [0.05, 0.1) is 29.8 Å². The van der Waals surface area contributed by atoms with Gasteiger partial charge in [-0.1, -0.05) is 11.6 Å². The van der Waals surface area contributed by atoms with Gasteiger partial charge in [0.25, 0.3) is 0 Å². The van der Waals surface area contributed by atoms with Crippen molar-refractivity contribution >= 4 is 17.6 Å². The molecule has 1 aromatic carbocycles. The molecule has 0 N–H and O–H groups in total. The molecule has 0 bridgehead atoms. The molecule has 94 valence electrons. The van der Waals surface area contributed by atoms with Gasteiger partial charge in [-0.25, -0.2) is 14.2 Å². The Bertz CT molecular complexity index is 583. The number of esters is 1. The molecular formula is C12H10ClFN2O2. The topological polar surface area (TPSA) is 44.1 Å². The summed E-state index contributed by atoms with van der Waals surface area (Å²) in [5, 5.41) is 0.193. The van der Waals surface area contributed by atoms with Crippen LogP contribution in [0.5, 0.6) is 0 Å². The van der Waals surface area contributed by atoms with Gasteiger partial charge >= 0.3 is 5.97 Å². The van der Waals surface area contributed by atoms with Gasteiger partial charge in [0.15, 0.2) is 5.69 Å². The fraction of sp³-hybridized carbons (Fsp3) is 0.167. The lowest BCUT2D eigenvalue weighted by Gasteiger charge is -2.09. The van der Waals surface area contributed by atoms with Gasteiger partial charge in [-0.3, -0.25) is 4.57 Å². The van der Waals surface area contributed by atoms with Crippen molar-refractivity contribution in [2.24, 2.45) is 0 Å². The minimum absolute atomic E-state index is 0.193. The zero-order chi connectivity index (χ0) is 13.1. The van der Waals surface area contributed by atoms with Crippen LogP contribution in [0.2, 0.25) is 5.02 Å². The van der Waals surface area contributed by atoms with Crippen LogP contribution in [-0.4, -0.2) is 22.1 Å². The van der Waals surface area contributed by atoms with Gasteiger partial charge < -0.3 is 4.74 Å². The summed E-state index contributed by atoms with van der Waals surface area (Å²) in [6.07, 6.45) is 2.79. The van der Waals surface area contributed by atoms with E-state index in [-0.39, 0.29) is 17.3 Å². The summed E-state index contributed by atoms with van der Waals surface area (Å²) in [6.45, 7) is 1.98. The molecule has 0 aliphatic rings. The Morgan fingerprint density at radius 2 is 2.33 bits per heavy atom. The van der Waals surface area contributed by atoms with E-state index in [0.29, 0.717) is 5.69 Å². The van der Waals surface area contributed by atoms with E-state index in [4.69, 9.17) is 16.3 Å². The second-order valence-electron chi connectivity index (χ2n) is 3.47. The Morgan fingerprint density at radius 1 is 1.56 bits per heavy atom. The number of hydrogen-bond donors (Lipinski definition) is 0. The molecule has 0 saturated heterocycles. The van der Waals surface area contributed by atoms with Crippen molar-refractivity contribution in [3.05, 3.63) is 47.3 Å². The number of benzene rings is 1. The molecule has 0 spiro atoms. The summed E-state index contributed by atoms with van der Waals surface area (Å²) in [5.74, 6) is -0.947. The molecule has 0 saturated carbocycles. The molecule has 0 aliphatic carbocycles. The van der Waals surface area contributed by atoms with Gasteiger partial charge in [-0.15, -0.1) is 0 Å². The predicted octanol–water partition coefficient (Wildman–Crippen LogP) is 2.84. The third kappa shape index (κ3) is 2.36. The van der Waals surface area contributed by atoms with E-state index in [1.54, 1.807) is 6.92 Å². The fourth-order valence-electron chi connectivity index (χ4n) is 1.52. The van der Waals surface area contributed by atoms with E-state index in [1.807, 2.05) is 0 Å². The minimum atomic E-state index is -0.504. The van der Waals surface area contributed by atoms with Crippen LogP contribution in [0.15, 0.2) is 30.7 Å². The van der Waals surface area contributed by atoms with Crippen LogP contribution < -0.4 is 0 Å². The Labute approximate surface area is 108 Å². The molecule has 18 heavy (non-hydrogen) atoms. The molecule has 0 aliphatic heterocycles. The highest BCUT2D eigenvalue weighted by Gasteiger charge is 2.15. The maximum atomic E-state index is 13.0. The van der Waals surface area contributed by atoms with Crippen molar-refractivity contribution in [1.82, 2.24) is 9.55 Å². The summed E-state index contributed by atoms with van der Waals surface area (Å²) < 4.78 is 19.3. The van der Waals surface area contributed by atoms with Gasteiger partial charge in [0.1, 0.15) is 5.82 Å². The Balaban J connectivity index is 2.45. The lowest BCUT2D eigenvalue weighted by atomic mass is 10.3. The van der Waals surface area contributed by atoms with E-state index in [2.05, 4.69) is 4.98 Å². The third-order valence-electron chi connectivity index (χ3n) is 2.29. The summed E-state index contributed by atoms with van der Waals surface area (Å²) in [4.78, 5) is 15.6. The summed E-state index contributed by atoms with van der Waals surface area (Å²) in [7, 11) is 0. The number of ether oxygens (including phenoxy) is 1. The molecule has 0 unspecified atom stereocenters. The van der Waals surface area contributed by atoms with Gasteiger partial charge in [-0.2, -0.15) is 0 Å². The van der Waals surface area contributed by atoms with Crippen molar-refractivity contribution < 1.29 is 13.9 Å². The molecule has 0 atom stereocenters. The van der Waals surface area contributed by atoms with E-state index in [1.165, 1.54) is 35.3 Å². The summed E-state index contributed by atoms with van der Waals surface area (Å²) in [5.41, 5.74) is 0.712. The zero-order valence-electron chi connectivity index (χ0n) is 9.56. The first-order valence-corrected chi connectivity index (χ1v) is 5.66. The molecule has 4 nitrogen and oxygen atoms in total. The summed E-state index contributed by atoms with van der Waals surface area (Å²) in [6, 6.07) is 3.91. The van der Waals surface area contributed by atoms with Gasteiger partial charge in [0.2, 0.25) is 0 Å². The van der Waals surface area contributed by atoms with Crippen molar-refractivity contribution in [3.63, 3.8) is 0 Å². The molecular weight excluding hydrogens is 259 g/mol. The number of nitrogens with zero attached hydrogens (tertiary/aromatic N) is 2. The first kappa shape index (κ1) is 12.6. The molecule has 2 aromatic rings. The van der Waals surface area contributed by atoms with Crippen LogP contribution in [0, 0.1) is 5.82 Å². The summed E-state index contributed by atoms with van der Waals surface area (Å²) >= 11 is 5.93. The molecule has 1 aromatic heterocycles. The highest BCUT2D eigenvalue weighted by Crippen LogP contribution is 2.23. The third-order valence-corrected chi connectivity index (χ3v) is 2.60. The Morgan fingerprint density at radius 3 is 3.00 bits per heavy atom. The molecule has 0 amide bonds. The number of rotatable bonds is 3. The van der Waals surface area contributed by atoms with E-state index in [9.17, 15) is 9.18 Å². The standard InChI is InChI=1S/C12H10ClFN2O2/c1-2-18-12(17)11-6-15-7-16(11)10-4-3-8(14)5-9(10)13/h3-7H,2H2,1H3. The molecule has 1 heterocycles. The van der Waals surface area contributed by atoms with Crippen LogP contribution >= 0.6 is 11.6 Å². The van der Waals surface area contributed by atoms with E-state index < -0.39 is 11.8 Å². The average molecular weight is 269 g/mol. The molecule has 2 rings (SSSR count). The quantitative estimate of drug-likeness (QED) is 0.804. The van der Waals surface area contributed by atoms with Gasteiger partial charge in [0, 0.05) is 0 Å². The lowest BCUT2D eigenvalue weighted by molar-refractivity contribution is 0.0517. The number of aromatic nitrogens is 2. The predicted molar refractivity (Wildman–Crippen MR) is 64.5 cm³/mol. The van der Waals surface area contributed by atoms with Crippen molar-refractivity contribution in [2.45, 2.75) is 6.92 Å². The first-order valence-electron chi connectivity index (χ1n) is 5.28. The Hall–Kier alpha value is -1.88. The van der Waals surface area contributed by atoms with Crippen LogP contribution in [-0.2, 0) is 4.74 Å². The van der Waals surface area contributed by atoms with Crippen LogP contribution in [0.1, 0.15) is 17.4 Å². The highest BCUT2D eigenvalue weighted by molar-refractivity contribution is 6.32. The monoisotopic (exact) mass is 268 g/mol. The largest absolute Gasteiger partial charge is 0.461 e. The number of carbonyl (C=O) groups is 1. The first-order chi connectivity index (χ1) is 8.63. The number of carbonyl (C=O) groups excluding carboxylic acids is 1. The van der Waals surface area contributed by atoms with Crippen LogP contribution in [0.3, 0.4) is 0 Å². The molecule has 0 radical (unpaired) electrons. The number of halogens is 2. The van der Waals surface area contributed by atoms with Crippen LogP contribution in [0.4, 0.5) is 4.39 Å².